The smallest absolute Gasteiger partial charge is 0.222 e. The molecule has 0 fully saturated rings. The van der Waals surface area contributed by atoms with Crippen LogP contribution in [0.5, 0.6) is 11.8 Å². The first-order valence-electron chi connectivity index (χ1n) is 15.5. The lowest BCUT2D eigenvalue weighted by Gasteiger charge is -2.11. The molecule has 0 radical (unpaired) electrons. The summed E-state index contributed by atoms with van der Waals surface area (Å²) in [5, 5.41) is 19.4. The minimum atomic E-state index is -0.200. The van der Waals surface area contributed by atoms with Gasteiger partial charge in [0.05, 0.1) is 52.4 Å². The molecule has 0 bridgehead atoms. The Balaban J connectivity index is 0.000000188. The zero-order chi connectivity index (χ0) is 34.5. The van der Waals surface area contributed by atoms with Crippen LogP contribution in [0.2, 0.25) is 10.0 Å². The van der Waals surface area contributed by atoms with Gasteiger partial charge >= 0.3 is 0 Å². The van der Waals surface area contributed by atoms with Crippen LogP contribution in [0, 0.1) is 0 Å². The first kappa shape index (κ1) is 34.7. The molecule has 6 aromatic rings. The Kier molecular flexibility index (Phi) is 10.9. The van der Waals surface area contributed by atoms with E-state index in [1.165, 1.54) is 0 Å². The number of aliphatic hydroxyl groups is 1. The Labute approximate surface area is 287 Å². The summed E-state index contributed by atoms with van der Waals surface area (Å²) in [6.07, 6.45) is 4.02. The van der Waals surface area contributed by atoms with Crippen molar-refractivity contribution in [2.75, 3.05) is 13.2 Å². The molecule has 6 heterocycles. The average molecular weight is 692 g/mol. The summed E-state index contributed by atoms with van der Waals surface area (Å²) >= 11 is 13.0. The fraction of sp³-hybridized carbons (Fsp3) is 0.324. The van der Waals surface area contributed by atoms with Crippen LogP contribution in [0.4, 0.5) is 0 Å². The van der Waals surface area contributed by atoms with Gasteiger partial charge in [-0.25, -0.2) is 19.9 Å². The van der Waals surface area contributed by atoms with Gasteiger partial charge in [-0.05, 0) is 77.9 Å². The number of ether oxygens (including phenoxy) is 2. The Morgan fingerprint density at radius 2 is 1.27 bits per heavy atom. The summed E-state index contributed by atoms with van der Waals surface area (Å²) in [6.45, 7) is 12.5. The van der Waals surface area contributed by atoms with E-state index in [-0.39, 0.29) is 24.4 Å². The number of aromatic nitrogens is 8. The third-order valence-electron chi connectivity index (χ3n) is 7.21. The van der Waals surface area contributed by atoms with E-state index >= 15 is 0 Å². The maximum atomic E-state index is 11.4. The third-order valence-corrected chi connectivity index (χ3v) is 7.78. The number of aldehydes is 1. The molecule has 14 heteroatoms. The number of pyridine rings is 4. The summed E-state index contributed by atoms with van der Waals surface area (Å²) in [5.41, 5.74) is 5.93. The van der Waals surface area contributed by atoms with Gasteiger partial charge in [-0.15, -0.1) is 0 Å². The van der Waals surface area contributed by atoms with Crippen LogP contribution in [-0.2, 0) is 6.61 Å². The predicted molar refractivity (Wildman–Crippen MR) is 186 cm³/mol. The van der Waals surface area contributed by atoms with Crippen molar-refractivity contribution >= 4 is 51.6 Å². The number of carbonyl (C=O) groups is 1. The molecule has 0 aliphatic heterocycles. The number of hydrogen-bond donors (Lipinski definition) is 1. The fourth-order valence-electron chi connectivity index (χ4n) is 5.16. The van der Waals surface area contributed by atoms with E-state index < -0.39 is 0 Å². The highest BCUT2D eigenvalue weighted by molar-refractivity contribution is 6.36. The third kappa shape index (κ3) is 6.82. The molecule has 48 heavy (non-hydrogen) atoms. The molecule has 0 saturated heterocycles. The molecule has 0 spiro atoms. The second kappa shape index (κ2) is 15.1. The zero-order valence-corrected chi connectivity index (χ0v) is 29.0. The molecule has 6 rings (SSSR count). The first-order valence-corrected chi connectivity index (χ1v) is 16.3. The molecule has 0 amide bonds. The van der Waals surface area contributed by atoms with E-state index in [1.54, 1.807) is 40.0 Å². The number of nitrogens with zero attached hydrogens (tertiary/aromatic N) is 8. The lowest BCUT2D eigenvalue weighted by molar-refractivity contribution is 0.111. The number of aliphatic hydroxyl groups excluding tert-OH is 1. The quantitative estimate of drug-likeness (QED) is 0.143. The Hall–Kier alpha value is -4.65. The lowest BCUT2D eigenvalue weighted by atomic mass is 10.1. The van der Waals surface area contributed by atoms with Gasteiger partial charge in [-0.3, -0.25) is 14.2 Å². The molecule has 0 aromatic carbocycles. The average Bonchev–Trinajstić information content (AvgIpc) is 3.65. The minimum Gasteiger partial charge on any atom is -0.477 e. The molecule has 0 atom stereocenters. The Morgan fingerprint density at radius 3 is 1.73 bits per heavy atom. The molecule has 0 aliphatic rings. The van der Waals surface area contributed by atoms with E-state index in [9.17, 15) is 9.90 Å². The highest BCUT2D eigenvalue weighted by Crippen LogP contribution is 2.35. The molecule has 0 unspecified atom stereocenters. The molecule has 0 aliphatic carbocycles. The lowest BCUT2D eigenvalue weighted by Crippen LogP contribution is -2.03. The van der Waals surface area contributed by atoms with Crippen molar-refractivity contribution in [2.45, 2.75) is 60.2 Å². The van der Waals surface area contributed by atoms with Gasteiger partial charge in [0.1, 0.15) is 27.8 Å². The maximum absolute atomic E-state index is 11.4. The number of fused-ring (bicyclic) bond motifs is 2. The van der Waals surface area contributed by atoms with Crippen LogP contribution in [0.1, 0.15) is 69.8 Å². The highest BCUT2D eigenvalue weighted by atomic mass is 35.5. The standard InChI is InChI=1S/C17H19ClN4O2.C17H17ClN4O2/c2*1-4-24-17-11(6-5-7-19-17)13-8-12(18)16-15(20-13)14(9-23)21-22(16)10(2)3/h5-8,10,23H,4,9H2,1-3H3;5-10H,4H2,1-3H3. The summed E-state index contributed by atoms with van der Waals surface area (Å²) in [7, 11) is 0. The monoisotopic (exact) mass is 690 g/mol. The molecule has 250 valence electrons. The van der Waals surface area contributed by atoms with Crippen LogP contribution < -0.4 is 9.47 Å². The zero-order valence-electron chi connectivity index (χ0n) is 27.5. The summed E-state index contributed by atoms with van der Waals surface area (Å²) in [5.74, 6) is 0.983. The van der Waals surface area contributed by atoms with Gasteiger partial charge in [-0.1, -0.05) is 23.2 Å². The van der Waals surface area contributed by atoms with Crippen LogP contribution in [0.3, 0.4) is 0 Å². The van der Waals surface area contributed by atoms with Crippen LogP contribution in [-0.4, -0.2) is 64.1 Å². The Bertz CT molecular complexity index is 2080. The van der Waals surface area contributed by atoms with Crippen LogP contribution >= 0.6 is 23.2 Å². The van der Waals surface area contributed by atoms with Gasteiger partial charge in [0, 0.05) is 24.5 Å². The number of halogens is 2. The summed E-state index contributed by atoms with van der Waals surface area (Å²) < 4.78 is 14.6. The van der Waals surface area contributed by atoms with Crippen LogP contribution in [0.25, 0.3) is 44.6 Å². The number of carbonyl (C=O) groups excluding carboxylic acids is 1. The van der Waals surface area contributed by atoms with E-state index in [0.717, 1.165) is 16.6 Å². The summed E-state index contributed by atoms with van der Waals surface area (Å²) in [4.78, 5) is 29.2. The molecule has 1 N–H and O–H groups in total. The molecule has 12 nitrogen and oxygen atoms in total. The minimum absolute atomic E-state index is 0.0590. The maximum Gasteiger partial charge on any atom is 0.222 e. The van der Waals surface area contributed by atoms with Crippen LogP contribution in [0.15, 0.2) is 48.8 Å². The van der Waals surface area contributed by atoms with E-state index in [2.05, 4.69) is 30.1 Å². The molecule has 6 aromatic heterocycles. The molecular weight excluding hydrogens is 655 g/mol. The highest BCUT2D eigenvalue weighted by Gasteiger charge is 2.21. The summed E-state index contributed by atoms with van der Waals surface area (Å²) in [6, 6.07) is 11.1. The molecular formula is C34H36Cl2N8O4. The van der Waals surface area contributed by atoms with Crippen molar-refractivity contribution in [1.82, 2.24) is 39.5 Å². The topological polar surface area (TPSA) is 143 Å². The van der Waals surface area contributed by atoms with Crippen molar-refractivity contribution in [3.8, 4) is 34.3 Å². The van der Waals surface area contributed by atoms with Crippen molar-refractivity contribution < 1.29 is 19.4 Å². The van der Waals surface area contributed by atoms with Gasteiger partial charge < -0.3 is 14.6 Å². The van der Waals surface area contributed by atoms with Gasteiger partial charge in [-0.2, -0.15) is 10.2 Å². The van der Waals surface area contributed by atoms with E-state index in [1.807, 2.05) is 59.7 Å². The SMILES string of the molecule is CCOc1ncccc1-c1cc(Cl)c2c(n1)c(C=O)nn2C(C)C.CCOc1ncccc1-c1cc(Cl)c2c(n1)c(CO)nn2C(C)C. The number of hydrogen-bond acceptors (Lipinski definition) is 10. The van der Waals surface area contributed by atoms with Crippen molar-refractivity contribution in [1.29, 1.82) is 0 Å². The van der Waals surface area contributed by atoms with Gasteiger partial charge in [0.15, 0.2) is 12.0 Å². The first-order chi connectivity index (χ1) is 23.1. The van der Waals surface area contributed by atoms with Crippen molar-refractivity contribution in [3.05, 3.63) is 70.2 Å². The fourth-order valence-corrected chi connectivity index (χ4v) is 5.71. The van der Waals surface area contributed by atoms with Gasteiger partial charge in [0.25, 0.3) is 0 Å². The molecule has 0 saturated carbocycles. The van der Waals surface area contributed by atoms with Crippen molar-refractivity contribution in [3.63, 3.8) is 0 Å². The Morgan fingerprint density at radius 1 is 0.792 bits per heavy atom. The van der Waals surface area contributed by atoms with Crippen molar-refractivity contribution in [2.24, 2.45) is 0 Å². The normalized spacial score (nSPS) is 11.3. The van der Waals surface area contributed by atoms with E-state index in [0.29, 0.717) is 74.9 Å². The second-order valence-corrected chi connectivity index (χ2v) is 12.0. The predicted octanol–water partition coefficient (Wildman–Crippen LogP) is 7.56. The second-order valence-electron chi connectivity index (χ2n) is 11.1. The van der Waals surface area contributed by atoms with E-state index in [4.69, 9.17) is 32.7 Å². The van der Waals surface area contributed by atoms with Gasteiger partial charge in [0.2, 0.25) is 11.8 Å². The number of rotatable bonds is 10. The largest absolute Gasteiger partial charge is 0.477 e.